The lowest BCUT2D eigenvalue weighted by Crippen LogP contribution is -2.38. The van der Waals surface area contributed by atoms with Crippen LogP contribution in [0.2, 0.25) is 0 Å². The lowest BCUT2D eigenvalue weighted by Gasteiger charge is -2.27. The van der Waals surface area contributed by atoms with Gasteiger partial charge >= 0.3 is 0 Å². The van der Waals surface area contributed by atoms with E-state index in [1.54, 1.807) is 11.1 Å². The third kappa shape index (κ3) is 1.86. The van der Waals surface area contributed by atoms with Crippen molar-refractivity contribution in [3.63, 3.8) is 0 Å². The van der Waals surface area contributed by atoms with Crippen LogP contribution in [0.3, 0.4) is 0 Å². The summed E-state index contributed by atoms with van der Waals surface area (Å²) in [6.07, 6.45) is 0. The van der Waals surface area contributed by atoms with E-state index >= 15 is 0 Å². The molecule has 1 aromatic carbocycles. The van der Waals surface area contributed by atoms with Crippen molar-refractivity contribution in [2.45, 2.75) is 19.9 Å². The molecule has 0 unspecified atom stereocenters. The zero-order valence-electron chi connectivity index (χ0n) is 9.56. The Morgan fingerprint density at radius 3 is 2.31 bits per heavy atom. The normalized spacial score (nSPS) is 14.0. The summed E-state index contributed by atoms with van der Waals surface area (Å²) in [5.41, 5.74) is 7.29. The molecule has 0 saturated heterocycles. The van der Waals surface area contributed by atoms with Crippen molar-refractivity contribution in [2.24, 2.45) is 5.84 Å². The summed E-state index contributed by atoms with van der Waals surface area (Å²) in [7, 11) is 0. The van der Waals surface area contributed by atoms with E-state index in [4.69, 9.17) is 21.1 Å². The fraction of sp³-hybridized carbons (Fsp3) is 0.455. The monoisotopic (exact) mass is 223 g/mol. The van der Waals surface area contributed by atoms with Crippen LogP contribution in [0.4, 0.5) is 11.4 Å². The number of benzene rings is 1. The Morgan fingerprint density at radius 2 is 1.75 bits per heavy atom. The second-order valence-electron chi connectivity index (χ2n) is 4.06. The van der Waals surface area contributed by atoms with Crippen LogP contribution in [0.5, 0.6) is 11.5 Å². The van der Waals surface area contributed by atoms with Crippen LogP contribution in [-0.2, 0) is 0 Å². The van der Waals surface area contributed by atoms with Gasteiger partial charge in [-0.2, -0.15) is 0 Å². The lowest BCUT2D eigenvalue weighted by molar-refractivity contribution is 0.172. The van der Waals surface area contributed by atoms with E-state index in [0.29, 0.717) is 30.4 Å². The van der Waals surface area contributed by atoms with Crippen LogP contribution in [-0.4, -0.2) is 19.3 Å². The molecular formula is C11H17N3O2. The van der Waals surface area contributed by atoms with Crippen LogP contribution in [0, 0.1) is 0 Å². The van der Waals surface area contributed by atoms with Gasteiger partial charge in [-0.05, 0) is 13.8 Å². The van der Waals surface area contributed by atoms with Gasteiger partial charge in [0.15, 0.2) is 11.5 Å². The average Bonchev–Trinajstić information content (AvgIpc) is 2.27. The number of anilines is 2. The van der Waals surface area contributed by atoms with Crippen LogP contribution < -0.4 is 26.1 Å². The summed E-state index contributed by atoms with van der Waals surface area (Å²) in [4.78, 5) is 0. The zero-order chi connectivity index (χ0) is 11.7. The molecule has 0 saturated carbocycles. The van der Waals surface area contributed by atoms with Crippen molar-refractivity contribution in [3.05, 3.63) is 12.1 Å². The Morgan fingerprint density at radius 1 is 1.19 bits per heavy atom. The molecule has 16 heavy (non-hydrogen) atoms. The Bertz CT molecular complexity index is 393. The first kappa shape index (κ1) is 10.9. The number of nitrogens with zero attached hydrogens (tertiary/aromatic N) is 1. The largest absolute Gasteiger partial charge is 0.486 e. The predicted octanol–water partition coefficient (Wildman–Crippen LogP) is 1.13. The highest BCUT2D eigenvalue weighted by Gasteiger charge is 2.17. The molecule has 0 atom stereocenters. The molecule has 88 valence electrons. The minimum Gasteiger partial charge on any atom is -0.486 e. The van der Waals surface area contributed by atoms with E-state index in [9.17, 15) is 0 Å². The van der Waals surface area contributed by atoms with Crippen LogP contribution in [0.1, 0.15) is 13.8 Å². The topological polar surface area (TPSA) is 73.7 Å². The van der Waals surface area contributed by atoms with Gasteiger partial charge in [0.25, 0.3) is 0 Å². The number of hydrogen-bond donors (Lipinski definition) is 2. The molecule has 0 aliphatic carbocycles. The second kappa shape index (κ2) is 4.09. The first-order valence-corrected chi connectivity index (χ1v) is 5.32. The summed E-state index contributed by atoms with van der Waals surface area (Å²) < 4.78 is 10.9. The lowest BCUT2D eigenvalue weighted by atomic mass is 10.2. The highest BCUT2D eigenvalue weighted by molar-refractivity contribution is 5.73. The van der Waals surface area contributed by atoms with Gasteiger partial charge in [0.05, 0.1) is 11.4 Å². The molecule has 1 aliphatic heterocycles. The average molecular weight is 223 g/mol. The molecule has 5 heteroatoms. The SMILES string of the molecule is CC(C)N(N)c1cc2c(cc1N)OCCO2. The molecule has 0 aromatic heterocycles. The Labute approximate surface area is 94.9 Å². The van der Waals surface area contributed by atoms with Crippen molar-refractivity contribution in [1.29, 1.82) is 0 Å². The summed E-state index contributed by atoms with van der Waals surface area (Å²) in [5.74, 6) is 7.31. The van der Waals surface area contributed by atoms with Gasteiger partial charge in [0.1, 0.15) is 13.2 Å². The molecule has 0 radical (unpaired) electrons. The fourth-order valence-corrected chi connectivity index (χ4v) is 1.60. The van der Waals surface area contributed by atoms with Crippen molar-refractivity contribution in [1.82, 2.24) is 0 Å². The van der Waals surface area contributed by atoms with E-state index < -0.39 is 0 Å². The molecule has 0 bridgehead atoms. The van der Waals surface area contributed by atoms with Crippen LogP contribution in [0.25, 0.3) is 0 Å². The Hall–Kier alpha value is -1.62. The summed E-state index contributed by atoms with van der Waals surface area (Å²) in [6.45, 7) is 5.11. The Balaban J connectivity index is 2.39. The van der Waals surface area contributed by atoms with Gasteiger partial charge < -0.3 is 20.2 Å². The van der Waals surface area contributed by atoms with E-state index in [1.165, 1.54) is 0 Å². The van der Waals surface area contributed by atoms with E-state index in [-0.39, 0.29) is 6.04 Å². The quantitative estimate of drug-likeness (QED) is 0.446. The minimum atomic E-state index is 0.171. The van der Waals surface area contributed by atoms with Crippen LogP contribution in [0.15, 0.2) is 12.1 Å². The van der Waals surface area contributed by atoms with Gasteiger partial charge in [-0.25, -0.2) is 5.84 Å². The van der Waals surface area contributed by atoms with Crippen molar-refractivity contribution in [3.8, 4) is 11.5 Å². The number of nitrogen functional groups attached to an aromatic ring is 1. The number of hydrazine groups is 1. The molecule has 1 aromatic rings. The van der Waals surface area contributed by atoms with Gasteiger partial charge in [-0.1, -0.05) is 0 Å². The van der Waals surface area contributed by atoms with Gasteiger partial charge in [-0.15, -0.1) is 0 Å². The molecule has 0 spiro atoms. The first-order valence-electron chi connectivity index (χ1n) is 5.32. The summed E-state index contributed by atoms with van der Waals surface area (Å²) in [5, 5.41) is 1.62. The number of fused-ring (bicyclic) bond motifs is 1. The number of nitrogens with two attached hydrogens (primary N) is 2. The maximum atomic E-state index is 5.93. The van der Waals surface area contributed by atoms with E-state index in [0.717, 1.165) is 5.69 Å². The highest BCUT2D eigenvalue weighted by Crippen LogP contribution is 2.38. The zero-order valence-corrected chi connectivity index (χ0v) is 9.56. The smallest absolute Gasteiger partial charge is 0.163 e. The molecule has 4 N–H and O–H groups in total. The summed E-state index contributed by atoms with van der Waals surface area (Å²) in [6, 6.07) is 3.75. The van der Waals surface area contributed by atoms with Gasteiger partial charge in [0.2, 0.25) is 0 Å². The molecule has 1 aliphatic rings. The third-order valence-corrected chi connectivity index (χ3v) is 2.53. The number of hydrogen-bond acceptors (Lipinski definition) is 5. The number of ether oxygens (including phenoxy) is 2. The van der Waals surface area contributed by atoms with E-state index in [2.05, 4.69) is 0 Å². The molecular weight excluding hydrogens is 206 g/mol. The summed E-state index contributed by atoms with van der Waals surface area (Å²) >= 11 is 0. The highest BCUT2D eigenvalue weighted by atomic mass is 16.6. The maximum absolute atomic E-state index is 5.93. The maximum Gasteiger partial charge on any atom is 0.163 e. The molecule has 0 fully saturated rings. The van der Waals surface area contributed by atoms with Crippen LogP contribution >= 0.6 is 0 Å². The number of rotatable bonds is 2. The predicted molar refractivity (Wildman–Crippen MR) is 63.6 cm³/mol. The first-order chi connectivity index (χ1) is 7.59. The standard InChI is InChI=1S/C11H17N3O2/c1-7(2)14(13)9-6-11-10(5-8(9)12)15-3-4-16-11/h5-7H,3-4,12-13H2,1-2H3. The second-order valence-corrected chi connectivity index (χ2v) is 4.06. The third-order valence-electron chi connectivity index (χ3n) is 2.53. The Kier molecular flexibility index (Phi) is 2.78. The van der Waals surface area contributed by atoms with Crippen molar-refractivity contribution in [2.75, 3.05) is 24.0 Å². The molecule has 0 amide bonds. The molecule has 2 rings (SSSR count). The van der Waals surface area contributed by atoms with Crippen molar-refractivity contribution < 1.29 is 9.47 Å². The van der Waals surface area contributed by atoms with Gasteiger partial charge in [0, 0.05) is 18.2 Å². The minimum absolute atomic E-state index is 0.171. The fourth-order valence-electron chi connectivity index (χ4n) is 1.60. The molecule has 5 nitrogen and oxygen atoms in total. The molecule has 1 heterocycles. The van der Waals surface area contributed by atoms with E-state index in [1.807, 2.05) is 19.9 Å². The van der Waals surface area contributed by atoms with Gasteiger partial charge in [-0.3, -0.25) is 0 Å². The van der Waals surface area contributed by atoms with Crippen molar-refractivity contribution >= 4 is 11.4 Å².